The first-order chi connectivity index (χ1) is 14.3. The molecule has 3 rings (SSSR count). The molecule has 1 saturated heterocycles. The van der Waals surface area contributed by atoms with Crippen molar-refractivity contribution in [3.8, 4) is 11.5 Å². The van der Waals surface area contributed by atoms with Crippen molar-refractivity contribution in [1.29, 1.82) is 0 Å². The monoisotopic (exact) mass is 397 g/mol. The Morgan fingerprint density at radius 1 is 1.14 bits per heavy atom. The number of hydrogen-bond donors (Lipinski definition) is 1. The molecule has 0 spiro atoms. The lowest BCUT2D eigenvalue weighted by Crippen LogP contribution is -2.33. The van der Waals surface area contributed by atoms with Crippen molar-refractivity contribution in [2.45, 2.75) is 45.3 Å². The van der Waals surface area contributed by atoms with Crippen LogP contribution in [0.1, 0.15) is 43.4 Å². The number of carbonyl (C=O) groups excluding carboxylic acids is 1. The van der Waals surface area contributed by atoms with Gasteiger partial charge in [-0.2, -0.15) is 0 Å². The molecular formula is C23H31N3O3. The molecule has 6 heteroatoms. The van der Waals surface area contributed by atoms with Crippen molar-refractivity contribution in [2.75, 3.05) is 26.7 Å². The highest BCUT2D eigenvalue weighted by Gasteiger charge is 2.15. The van der Waals surface area contributed by atoms with E-state index in [0.717, 1.165) is 48.7 Å². The summed E-state index contributed by atoms with van der Waals surface area (Å²) in [5.74, 6) is 1.83. The predicted molar refractivity (Wildman–Crippen MR) is 113 cm³/mol. The number of amides is 1. The number of carbonyl (C=O) groups is 1. The van der Waals surface area contributed by atoms with Crippen molar-refractivity contribution < 1.29 is 14.3 Å². The zero-order valence-electron chi connectivity index (χ0n) is 17.2. The van der Waals surface area contributed by atoms with Gasteiger partial charge in [0.1, 0.15) is 18.1 Å². The third-order valence-electron chi connectivity index (χ3n) is 5.16. The number of hydrogen-bond acceptors (Lipinski definition) is 5. The molecule has 1 amide bonds. The maximum Gasteiger partial charge on any atom is 0.223 e. The summed E-state index contributed by atoms with van der Waals surface area (Å²) < 4.78 is 11.3. The fourth-order valence-electron chi connectivity index (χ4n) is 3.49. The Morgan fingerprint density at radius 2 is 1.97 bits per heavy atom. The normalized spacial score (nSPS) is 14.3. The van der Waals surface area contributed by atoms with Crippen LogP contribution in [0.4, 0.5) is 0 Å². The van der Waals surface area contributed by atoms with E-state index >= 15 is 0 Å². The van der Waals surface area contributed by atoms with Crippen LogP contribution in [0.5, 0.6) is 11.5 Å². The fraction of sp³-hybridized carbons (Fsp3) is 0.478. The highest BCUT2D eigenvalue weighted by Crippen LogP contribution is 2.25. The Labute approximate surface area is 173 Å². The molecule has 1 aromatic carbocycles. The van der Waals surface area contributed by atoms with Crippen molar-refractivity contribution in [3.63, 3.8) is 0 Å². The Kier molecular flexibility index (Phi) is 8.31. The van der Waals surface area contributed by atoms with E-state index in [0.29, 0.717) is 26.1 Å². The van der Waals surface area contributed by atoms with Crippen molar-refractivity contribution in [1.82, 2.24) is 15.2 Å². The van der Waals surface area contributed by atoms with Crippen LogP contribution in [0.15, 0.2) is 42.6 Å². The van der Waals surface area contributed by atoms with E-state index in [1.165, 1.54) is 12.8 Å². The van der Waals surface area contributed by atoms with E-state index in [9.17, 15) is 4.79 Å². The summed E-state index contributed by atoms with van der Waals surface area (Å²) in [7, 11) is 1.65. The Morgan fingerprint density at radius 3 is 2.69 bits per heavy atom. The van der Waals surface area contributed by atoms with Crippen LogP contribution < -0.4 is 14.8 Å². The molecule has 0 atom stereocenters. The van der Waals surface area contributed by atoms with Crippen LogP contribution in [-0.2, 0) is 17.9 Å². The van der Waals surface area contributed by atoms with Gasteiger partial charge in [0.25, 0.3) is 0 Å². The fourth-order valence-corrected chi connectivity index (χ4v) is 3.49. The van der Waals surface area contributed by atoms with Gasteiger partial charge >= 0.3 is 0 Å². The SMILES string of the molecule is COc1ccc(OCc2ccccn2)c(CNCCC(=O)N2CCCCCC2)c1. The molecule has 1 aliphatic rings. The second-order valence-corrected chi connectivity index (χ2v) is 7.31. The van der Waals surface area contributed by atoms with E-state index in [4.69, 9.17) is 9.47 Å². The molecule has 0 radical (unpaired) electrons. The van der Waals surface area contributed by atoms with Gasteiger partial charge in [-0.1, -0.05) is 18.9 Å². The van der Waals surface area contributed by atoms with Gasteiger partial charge in [0.2, 0.25) is 5.91 Å². The number of methoxy groups -OCH3 is 1. The van der Waals surface area contributed by atoms with Gasteiger partial charge in [-0.25, -0.2) is 0 Å². The molecule has 0 bridgehead atoms. The Balaban J connectivity index is 1.51. The van der Waals surface area contributed by atoms with E-state index in [1.54, 1.807) is 13.3 Å². The average molecular weight is 398 g/mol. The number of rotatable bonds is 9. The zero-order valence-corrected chi connectivity index (χ0v) is 17.2. The summed E-state index contributed by atoms with van der Waals surface area (Å²) in [6.45, 7) is 3.47. The molecule has 1 aliphatic heterocycles. The number of aromatic nitrogens is 1. The topological polar surface area (TPSA) is 63.7 Å². The second-order valence-electron chi connectivity index (χ2n) is 7.31. The summed E-state index contributed by atoms with van der Waals surface area (Å²) in [5.41, 5.74) is 1.88. The van der Waals surface area contributed by atoms with Gasteiger partial charge in [0, 0.05) is 44.4 Å². The minimum absolute atomic E-state index is 0.247. The predicted octanol–water partition coefficient (Wildman–Crippen LogP) is 3.55. The molecule has 156 valence electrons. The van der Waals surface area contributed by atoms with E-state index < -0.39 is 0 Å². The van der Waals surface area contributed by atoms with Crippen LogP contribution >= 0.6 is 0 Å². The van der Waals surface area contributed by atoms with Crippen LogP contribution in [0.2, 0.25) is 0 Å². The number of nitrogens with zero attached hydrogens (tertiary/aromatic N) is 2. The molecule has 0 aliphatic carbocycles. The molecule has 1 aromatic heterocycles. The quantitative estimate of drug-likeness (QED) is 0.656. The number of ether oxygens (including phenoxy) is 2. The number of pyridine rings is 1. The summed E-state index contributed by atoms with van der Waals surface area (Å²) >= 11 is 0. The first-order valence-corrected chi connectivity index (χ1v) is 10.4. The molecule has 29 heavy (non-hydrogen) atoms. The summed E-state index contributed by atoms with van der Waals surface area (Å²) in [6.07, 6.45) is 7.00. The molecule has 2 aromatic rings. The third-order valence-corrected chi connectivity index (χ3v) is 5.16. The van der Waals surface area contributed by atoms with Crippen LogP contribution in [0, 0.1) is 0 Å². The smallest absolute Gasteiger partial charge is 0.223 e. The van der Waals surface area contributed by atoms with Crippen LogP contribution in [0.25, 0.3) is 0 Å². The first kappa shape index (κ1) is 21.1. The molecule has 1 fully saturated rings. The van der Waals surface area contributed by atoms with E-state index in [1.807, 2.05) is 41.3 Å². The number of nitrogens with one attached hydrogen (secondary N) is 1. The molecule has 0 unspecified atom stereocenters. The molecule has 6 nitrogen and oxygen atoms in total. The maximum absolute atomic E-state index is 12.4. The van der Waals surface area contributed by atoms with Crippen molar-refractivity contribution in [2.24, 2.45) is 0 Å². The van der Waals surface area contributed by atoms with Gasteiger partial charge in [-0.3, -0.25) is 9.78 Å². The maximum atomic E-state index is 12.4. The van der Waals surface area contributed by atoms with Crippen molar-refractivity contribution >= 4 is 5.91 Å². The van der Waals surface area contributed by atoms with E-state index in [-0.39, 0.29) is 5.91 Å². The minimum Gasteiger partial charge on any atom is -0.497 e. The molecule has 0 saturated carbocycles. The van der Waals surface area contributed by atoms with Gasteiger partial charge < -0.3 is 19.7 Å². The lowest BCUT2D eigenvalue weighted by molar-refractivity contribution is -0.131. The zero-order chi connectivity index (χ0) is 20.3. The third kappa shape index (κ3) is 6.75. The average Bonchev–Trinajstić information content (AvgIpc) is 3.06. The Bertz CT molecular complexity index is 759. The number of benzene rings is 1. The summed E-state index contributed by atoms with van der Waals surface area (Å²) in [4.78, 5) is 18.7. The largest absolute Gasteiger partial charge is 0.497 e. The first-order valence-electron chi connectivity index (χ1n) is 10.4. The molecular weight excluding hydrogens is 366 g/mol. The minimum atomic E-state index is 0.247. The second kappa shape index (κ2) is 11.4. The van der Waals surface area contributed by atoms with Gasteiger partial charge in [0.05, 0.1) is 12.8 Å². The summed E-state index contributed by atoms with van der Waals surface area (Å²) in [6, 6.07) is 11.6. The lowest BCUT2D eigenvalue weighted by atomic mass is 10.2. The Hall–Kier alpha value is -2.60. The van der Waals surface area contributed by atoms with Gasteiger partial charge in [-0.05, 0) is 43.2 Å². The molecule has 2 heterocycles. The highest BCUT2D eigenvalue weighted by atomic mass is 16.5. The highest BCUT2D eigenvalue weighted by molar-refractivity contribution is 5.76. The standard InChI is InChI=1S/C23H31N3O3/c1-28-21-9-10-22(29-18-20-8-4-5-12-25-20)19(16-21)17-24-13-11-23(27)26-14-6-2-3-7-15-26/h4-5,8-10,12,16,24H,2-3,6-7,11,13-15,17-18H2,1H3. The van der Waals surface area contributed by atoms with Crippen LogP contribution in [-0.4, -0.2) is 42.5 Å². The van der Waals surface area contributed by atoms with E-state index in [2.05, 4.69) is 10.3 Å². The molecule has 1 N–H and O–H groups in total. The lowest BCUT2D eigenvalue weighted by Gasteiger charge is -2.20. The number of likely N-dealkylation sites (tertiary alicyclic amines) is 1. The van der Waals surface area contributed by atoms with Crippen molar-refractivity contribution in [3.05, 3.63) is 53.9 Å². The van der Waals surface area contributed by atoms with Gasteiger partial charge in [-0.15, -0.1) is 0 Å². The van der Waals surface area contributed by atoms with Gasteiger partial charge in [0.15, 0.2) is 0 Å². The summed E-state index contributed by atoms with van der Waals surface area (Å²) in [5, 5.41) is 3.38. The van der Waals surface area contributed by atoms with Crippen LogP contribution in [0.3, 0.4) is 0 Å².